The molecular formula is C21H26BrNO3. The second kappa shape index (κ2) is 5.71. The van der Waals surface area contributed by atoms with Crippen LogP contribution in [0.5, 0.6) is 0 Å². The smallest absolute Gasteiger partial charge is 0.410 e. The van der Waals surface area contributed by atoms with Crippen LogP contribution in [0.1, 0.15) is 57.1 Å². The van der Waals surface area contributed by atoms with Gasteiger partial charge in [0, 0.05) is 29.3 Å². The third-order valence-corrected chi connectivity index (χ3v) is 8.14. The molecule has 1 amide bonds. The lowest BCUT2D eigenvalue weighted by atomic mass is 9.47. The van der Waals surface area contributed by atoms with Gasteiger partial charge in [0.25, 0.3) is 0 Å². The van der Waals surface area contributed by atoms with E-state index >= 15 is 0 Å². The van der Waals surface area contributed by atoms with E-state index in [-0.39, 0.29) is 17.7 Å². The normalized spacial score (nSPS) is 42.2. The monoisotopic (exact) mass is 419 g/mol. The largest absolute Gasteiger partial charge is 0.442 e. The zero-order valence-electron chi connectivity index (χ0n) is 15.2. The third-order valence-electron chi connectivity index (χ3n) is 7.61. The minimum atomic E-state index is -0.490. The van der Waals surface area contributed by atoms with Gasteiger partial charge in [0.05, 0.1) is 11.6 Å². The van der Waals surface area contributed by atoms with Crippen molar-refractivity contribution in [2.45, 2.75) is 62.7 Å². The van der Waals surface area contributed by atoms with Crippen LogP contribution in [0.15, 0.2) is 28.7 Å². The fourth-order valence-corrected chi connectivity index (χ4v) is 6.79. The SMILES string of the molecule is C[C@@H](c1ccc(Br)cc1)N1CCC2(OC1=O)[C@@H]1CC3C[C@H]2CC(O)(C3)C1. The number of aliphatic hydroxyl groups is 1. The lowest BCUT2D eigenvalue weighted by Gasteiger charge is -2.64. The molecule has 1 N–H and O–H groups in total. The molecule has 1 aliphatic heterocycles. The van der Waals surface area contributed by atoms with Gasteiger partial charge in [-0.05, 0) is 62.6 Å². The van der Waals surface area contributed by atoms with Crippen molar-refractivity contribution in [2.75, 3.05) is 6.54 Å². The Bertz CT molecular complexity index is 717. The van der Waals surface area contributed by atoms with Gasteiger partial charge in [0.15, 0.2) is 0 Å². The van der Waals surface area contributed by atoms with E-state index in [9.17, 15) is 9.90 Å². The van der Waals surface area contributed by atoms with Gasteiger partial charge in [-0.15, -0.1) is 0 Å². The first-order valence-corrected chi connectivity index (χ1v) is 10.7. The molecule has 1 aromatic rings. The number of carbonyl (C=O) groups is 1. The van der Waals surface area contributed by atoms with E-state index in [1.54, 1.807) is 0 Å². The zero-order chi connectivity index (χ0) is 18.1. The van der Waals surface area contributed by atoms with Gasteiger partial charge in [0.2, 0.25) is 0 Å². The molecule has 1 saturated heterocycles. The topological polar surface area (TPSA) is 49.8 Å². The van der Waals surface area contributed by atoms with E-state index in [1.165, 1.54) is 0 Å². The predicted molar refractivity (Wildman–Crippen MR) is 102 cm³/mol. The van der Waals surface area contributed by atoms with Crippen LogP contribution in [0.2, 0.25) is 0 Å². The summed E-state index contributed by atoms with van der Waals surface area (Å²) < 4.78 is 7.28. The minimum absolute atomic E-state index is 0.00830. The molecule has 4 aliphatic carbocycles. The Morgan fingerprint density at radius 1 is 1.19 bits per heavy atom. The molecule has 26 heavy (non-hydrogen) atoms. The van der Waals surface area contributed by atoms with E-state index in [0.717, 1.165) is 55.1 Å². The summed E-state index contributed by atoms with van der Waals surface area (Å²) in [5.41, 5.74) is 0.312. The van der Waals surface area contributed by atoms with Gasteiger partial charge in [0.1, 0.15) is 5.60 Å². The van der Waals surface area contributed by atoms with Crippen LogP contribution >= 0.6 is 15.9 Å². The maximum atomic E-state index is 13.0. The number of halogens is 1. The van der Waals surface area contributed by atoms with E-state index < -0.39 is 5.60 Å². The summed E-state index contributed by atoms with van der Waals surface area (Å²) in [6.45, 7) is 2.81. The van der Waals surface area contributed by atoms with Crippen molar-refractivity contribution in [3.05, 3.63) is 34.3 Å². The Labute approximate surface area is 163 Å². The average molecular weight is 420 g/mol. The molecule has 1 heterocycles. The molecule has 1 aromatic carbocycles. The van der Waals surface area contributed by atoms with Crippen molar-refractivity contribution in [3.8, 4) is 0 Å². The molecule has 1 spiro atoms. The molecule has 4 saturated carbocycles. The van der Waals surface area contributed by atoms with Crippen molar-refractivity contribution in [2.24, 2.45) is 17.8 Å². The molecule has 140 valence electrons. The number of carbonyl (C=O) groups excluding carboxylic acids is 1. The third kappa shape index (κ3) is 2.46. The maximum absolute atomic E-state index is 13.0. The summed E-state index contributed by atoms with van der Waals surface area (Å²) in [6.07, 6.45) is 5.55. The Morgan fingerprint density at radius 2 is 1.85 bits per heavy atom. The molecule has 5 aliphatic rings. The summed E-state index contributed by atoms with van der Waals surface area (Å²) in [4.78, 5) is 14.9. The van der Waals surface area contributed by atoms with Gasteiger partial charge < -0.3 is 14.7 Å². The van der Waals surface area contributed by atoms with E-state index in [1.807, 2.05) is 17.0 Å². The molecule has 6 rings (SSSR count). The Kier molecular flexibility index (Phi) is 3.75. The highest BCUT2D eigenvalue weighted by Crippen LogP contribution is 2.62. The fourth-order valence-electron chi connectivity index (χ4n) is 6.52. The second-order valence-corrected chi connectivity index (χ2v) is 9.98. The number of nitrogens with zero attached hydrogens (tertiary/aromatic N) is 1. The molecule has 5 fully saturated rings. The van der Waals surface area contributed by atoms with E-state index in [0.29, 0.717) is 17.8 Å². The first-order chi connectivity index (χ1) is 12.4. The Morgan fingerprint density at radius 3 is 2.42 bits per heavy atom. The number of ether oxygens (including phenoxy) is 1. The highest BCUT2D eigenvalue weighted by atomic mass is 79.9. The number of benzene rings is 1. The first-order valence-electron chi connectivity index (χ1n) is 9.86. The molecule has 3 unspecified atom stereocenters. The highest BCUT2D eigenvalue weighted by Gasteiger charge is 2.64. The van der Waals surface area contributed by atoms with Crippen molar-refractivity contribution in [1.29, 1.82) is 0 Å². The minimum Gasteiger partial charge on any atom is -0.442 e. The second-order valence-electron chi connectivity index (χ2n) is 9.06. The predicted octanol–water partition coefficient (Wildman–Crippen LogP) is 4.66. The molecule has 4 bridgehead atoms. The molecule has 0 radical (unpaired) electrons. The van der Waals surface area contributed by atoms with Crippen LogP contribution < -0.4 is 0 Å². The lowest BCUT2D eigenvalue weighted by molar-refractivity contribution is -0.240. The summed E-state index contributed by atoms with van der Waals surface area (Å²) in [6, 6.07) is 8.16. The van der Waals surface area contributed by atoms with Gasteiger partial charge in [-0.2, -0.15) is 0 Å². The fraction of sp³-hybridized carbons (Fsp3) is 0.667. The lowest BCUT2D eigenvalue weighted by Crippen LogP contribution is -2.67. The maximum Gasteiger partial charge on any atom is 0.410 e. The molecule has 6 atom stereocenters. The number of hydrogen-bond acceptors (Lipinski definition) is 3. The zero-order valence-corrected chi connectivity index (χ0v) is 16.7. The Hall–Kier alpha value is -1.07. The van der Waals surface area contributed by atoms with Crippen molar-refractivity contribution in [3.63, 3.8) is 0 Å². The van der Waals surface area contributed by atoms with Crippen molar-refractivity contribution < 1.29 is 14.6 Å². The summed E-state index contributed by atoms with van der Waals surface area (Å²) in [5, 5.41) is 10.8. The number of hydrogen-bond donors (Lipinski definition) is 1. The van der Waals surface area contributed by atoms with Gasteiger partial charge >= 0.3 is 6.09 Å². The van der Waals surface area contributed by atoms with Crippen molar-refractivity contribution >= 4 is 22.0 Å². The molecule has 5 heteroatoms. The van der Waals surface area contributed by atoms with Gasteiger partial charge in [-0.1, -0.05) is 28.1 Å². The van der Waals surface area contributed by atoms with Crippen LogP contribution in [0.25, 0.3) is 0 Å². The molecule has 4 nitrogen and oxygen atoms in total. The summed E-state index contributed by atoms with van der Waals surface area (Å²) in [7, 11) is 0. The first kappa shape index (κ1) is 17.1. The van der Waals surface area contributed by atoms with Gasteiger partial charge in [-0.25, -0.2) is 4.79 Å². The van der Waals surface area contributed by atoms with E-state index in [4.69, 9.17) is 4.74 Å². The van der Waals surface area contributed by atoms with Crippen LogP contribution in [0.3, 0.4) is 0 Å². The van der Waals surface area contributed by atoms with Crippen LogP contribution in [-0.4, -0.2) is 33.8 Å². The Balaban J connectivity index is 1.36. The average Bonchev–Trinajstić information content (AvgIpc) is 2.59. The van der Waals surface area contributed by atoms with Gasteiger partial charge in [-0.3, -0.25) is 0 Å². The molecular weight excluding hydrogens is 394 g/mol. The van der Waals surface area contributed by atoms with Crippen LogP contribution in [0.4, 0.5) is 4.79 Å². The summed E-state index contributed by atoms with van der Waals surface area (Å²) >= 11 is 3.46. The number of rotatable bonds is 2. The highest BCUT2D eigenvalue weighted by molar-refractivity contribution is 9.10. The van der Waals surface area contributed by atoms with Crippen molar-refractivity contribution in [1.82, 2.24) is 4.90 Å². The molecule has 0 aromatic heterocycles. The van der Waals surface area contributed by atoms with Crippen LogP contribution in [0, 0.1) is 17.8 Å². The summed E-state index contributed by atoms with van der Waals surface area (Å²) in [5.74, 6) is 1.31. The standard InChI is InChI=1S/C21H26BrNO3/c1-13(15-2-4-18(22)5-3-15)23-7-6-21(26-19(23)24)16-8-14-9-17(21)12-20(25,10-14)11-16/h2-5,13-14,16-17,25H,6-12H2,1H3/t13-,14?,16-,17+,20?,21?/m0/s1. The number of amides is 1. The van der Waals surface area contributed by atoms with E-state index in [2.05, 4.69) is 35.0 Å². The quantitative estimate of drug-likeness (QED) is 0.757. The van der Waals surface area contributed by atoms with Crippen LogP contribution in [-0.2, 0) is 4.74 Å².